The van der Waals surface area contributed by atoms with Crippen molar-refractivity contribution in [1.82, 2.24) is 9.29 Å². The Morgan fingerprint density at radius 3 is 2.75 bits per heavy atom. The highest BCUT2D eigenvalue weighted by Gasteiger charge is 2.23. The number of anilines is 1. The van der Waals surface area contributed by atoms with E-state index in [1.807, 2.05) is 0 Å². The number of hydrogen-bond donors (Lipinski definition) is 1. The van der Waals surface area contributed by atoms with E-state index in [-0.39, 0.29) is 10.8 Å². The number of nitrogen functional groups attached to an aromatic ring is 1. The van der Waals surface area contributed by atoms with E-state index in [0.717, 1.165) is 11.3 Å². The van der Waals surface area contributed by atoms with Gasteiger partial charge in [-0.3, -0.25) is 0 Å². The van der Waals surface area contributed by atoms with Gasteiger partial charge in [0.2, 0.25) is 0 Å². The van der Waals surface area contributed by atoms with Crippen molar-refractivity contribution in [3.8, 4) is 0 Å². The van der Waals surface area contributed by atoms with Crippen LogP contribution in [0.4, 0.5) is 5.69 Å². The summed E-state index contributed by atoms with van der Waals surface area (Å²) in [5, 5.41) is 1.20. The van der Waals surface area contributed by atoms with Crippen LogP contribution < -0.4 is 5.73 Å². The molecule has 0 radical (unpaired) electrons. The van der Waals surface area contributed by atoms with E-state index in [1.165, 1.54) is 17.5 Å². The number of sulfonamides is 1. The highest BCUT2D eigenvalue weighted by atomic mass is 35.5. The molecule has 5 nitrogen and oxygen atoms in total. The first-order chi connectivity index (χ1) is 9.30. The number of halogens is 1. The zero-order valence-corrected chi connectivity index (χ0v) is 13.4. The maximum Gasteiger partial charge on any atom is 0.254 e. The quantitative estimate of drug-likeness (QED) is 0.873. The van der Waals surface area contributed by atoms with Crippen molar-refractivity contribution in [2.45, 2.75) is 17.7 Å². The van der Waals surface area contributed by atoms with E-state index in [2.05, 4.69) is 4.98 Å². The fraction of sp³-hybridized carbons (Fsp3) is 0.250. The highest BCUT2D eigenvalue weighted by Crippen LogP contribution is 2.25. The second kappa shape index (κ2) is 5.69. The minimum absolute atomic E-state index is 0.156. The Kier molecular flexibility index (Phi) is 4.33. The van der Waals surface area contributed by atoms with Gasteiger partial charge in [0.05, 0.1) is 11.2 Å². The van der Waals surface area contributed by atoms with Crippen molar-refractivity contribution in [2.75, 3.05) is 12.8 Å². The summed E-state index contributed by atoms with van der Waals surface area (Å²) in [4.78, 5) is 3.97. The Labute approximate surface area is 127 Å². The lowest BCUT2D eigenvalue weighted by Gasteiger charge is -2.16. The smallest absolute Gasteiger partial charge is 0.254 e. The van der Waals surface area contributed by atoms with Gasteiger partial charge in [-0.15, -0.1) is 11.3 Å². The Bertz CT molecular complexity index is 728. The van der Waals surface area contributed by atoms with E-state index in [1.54, 1.807) is 25.1 Å². The summed E-state index contributed by atoms with van der Waals surface area (Å²) in [5.74, 6) is 0. The van der Waals surface area contributed by atoms with E-state index in [4.69, 9.17) is 17.3 Å². The first kappa shape index (κ1) is 15.2. The second-order valence-corrected chi connectivity index (χ2v) is 8.22. The van der Waals surface area contributed by atoms with Gasteiger partial charge in [0.15, 0.2) is 4.21 Å². The van der Waals surface area contributed by atoms with Crippen molar-refractivity contribution in [2.24, 2.45) is 0 Å². The van der Waals surface area contributed by atoms with Crippen LogP contribution in [0.5, 0.6) is 0 Å². The summed E-state index contributed by atoms with van der Waals surface area (Å²) >= 11 is 7.20. The average Bonchev–Trinajstić information content (AvgIpc) is 2.81. The van der Waals surface area contributed by atoms with Gasteiger partial charge in [-0.1, -0.05) is 11.6 Å². The molecule has 2 rings (SSSR count). The molecule has 0 fully saturated rings. The lowest BCUT2D eigenvalue weighted by atomic mass is 10.2. The third kappa shape index (κ3) is 3.12. The molecule has 1 heterocycles. The zero-order chi connectivity index (χ0) is 14.9. The third-order valence-corrected chi connectivity index (χ3v) is 6.25. The standard InChI is InChI=1S/C12H14ClN3O2S2/c1-8-15-6-12(19-8)20(17,18)16(2)7-9-5-10(14)3-4-11(9)13/h3-6H,7,14H2,1-2H3. The molecule has 0 aliphatic carbocycles. The Hall–Kier alpha value is -1.15. The Morgan fingerprint density at radius 2 is 2.15 bits per heavy atom. The molecule has 2 N–H and O–H groups in total. The molecule has 0 atom stereocenters. The molecular weight excluding hydrogens is 318 g/mol. The van der Waals surface area contributed by atoms with Crippen LogP contribution >= 0.6 is 22.9 Å². The fourth-order valence-electron chi connectivity index (χ4n) is 1.66. The topological polar surface area (TPSA) is 76.3 Å². The number of thiazole rings is 1. The first-order valence-corrected chi connectivity index (χ1v) is 8.37. The Balaban J connectivity index is 2.27. The van der Waals surface area contributed by atoms with Crippen molar-refractivity contribution >= 4 is 38.6 Å². The number of hydrogen-bond acceptors (Lipinski definition) is 5. The largest absolute Gasteiger partial charge is 0.399 e. The minimum Gasteiger partial charge on any atom is -0.399 e. The number of benzene rings is 1. The molecule has 0 saturated carbocycles. The van der Waals surface area contributed by atoms with Gasteiger partial charge in [-0.25, -0.2) is 13.4 Å². The van der Waals surface area contributed by atoms with Crippen LogP contribution in [-0.2, 0) is 16.6 Å². The zero-order valence-electron chi connectivity index (χ0n) is 11.0. The Morgan fingerprint density at radius 1 is 1.45 bits per heavy atom. The molecule has 0 bridgehead atoms. The maximum atomic E-state index is 12.4. The molecular formula is C12H14ClN3O2S2. The van der Waals surface area contributed by atoms with Crippen LogP contribution in [0.3, 0.4) is 0 Å². The van der Waals surface area contributed by atoms with Crippen LogP contribution in [0, 0.1) is 6.92 Å². The van der Waals surface area contributed by atoms with E-state index < -0.39 is 10.0 Å². The highest BCUT2D eigenvalue weighted by molar-refractivity contribution is 7.91. The van der Waals surface area contributed by atoms with E-state index >= 15 is 0 Å². The molecule has 0 unspecified atom stereocenters. The normalized spacial score (nSPS) is 12.0. The van der Waals surface area contributed by atoms with E-state index in [9.17, 15) is 8.42 Å². The summed E-state index contributed by atoms with van der Waals surface area (Å²) < 4.78 is 26.2. The van der Waals surface area contributed by atoms with Crippen molar-refractivity contribution in [3.05, 3.63) is 40.0 Å². The summed E-state index contributed by atoms with van der Waals surface area (Å²) in [6.07, 6.45) is 1.37. The van der Waals surface area contributed by atoms with Gasteiger partial charge in [0, 0.05) is 24.3 Å². The molecule has 1 aromatic heterocycles. The number of aromatic nitrogens is 1. The predicted molar refractivity (Wildman–Crippen MR) is 81.4 cm³/mol. The molecule has 2 aromatic rings. The average molecular weight is 332 g/mol. The molecule has 0 amide bonds. The molecule has 0 aliphatic heterocycles. The lowest BCUT2D eigenvalue weighted by molar-refractivity contribution is 0.468. The first-order valence-electron chi connectivity index (χ1n) is 5.73. The number of nitrogens with two attached hydrogens (primary N) is 1. The van der Waals surface area contributed by atoms with Gasteiger partial charge in [0.1, 0.15) is 0 Å². The predicted octanol–water partition coefficient (Wildman–Crippen LogP) is 2.51. The van der Waals surface area contributed by atoms with Crippen LogP contribution in [0.2, 0.25) is 5.02 Å². The van der Waals surface area contributed by atoms with Crippen LogP contribution in [0.1, 0.15) is 10.6 Å². The van der Waals surface area contributed by atoms with Crippen LogP contribution in [-0.4, -0.2) is 24.8 Å². The van der Waals surface area contributed by atoms with Gasteiger partial charge >= 0.3 is 0 Å². The van der Waals surface area contributed by atoms with E-state index in [0.29, 0.717) is 21.3 Å². The lowest BCUT2D eigenvalue weighted by Crippen LogP contribution is -2.26. The van der Waals surface area contributed by atoms with Crippen molar-refractivity contribution in [3.63, 3.8) is 0 Å². The van der Waals surface area contributed by atoms with Gasteiger partial charge in [-0.05, 0) is 30.7 Å². The monoisotopic (exact) mass is 331 g/mol. The number of aryl methyl sites for hydroxylation is 1. The summed E-state index contributed by atoms with van der Waals surface area (Å²) in [6, 6.07) is 5.00. The molecule has 8 heteroatoms. The van der Waals surface area contributed by atoms with Gasteiger partial charge in [-0.2, -0.15) is 4.31 Å². The molecule has 20 heavy (non-hydrogen) atoms. The molecule has 0 spiro atoms. The maximum absolute atomic E-state index is 12.4. The number of nitrogens with zero attached hydrogens (tertiary/aromatic N) is 2. The third-order valence-electron chi connectivity index (χ3n) is 2.73. The molecule has 1 aromatic carbocycles. The van der Waals surface area contributed by atoms with Crippen LogP contribution in [0.15, 0.2) is 28.6 Å². The molecule has 0 saturated heterocycles. The molecule has 0 aliphatic rings. The SMILES string of the molecule is Cc1ncc(S(=O)(=O)N(C)Cc2cc(N)ccc2Cl)s1. The minimum atomic E-state index is -3.56. The summed E-state index contributed by atoms with van der Waals surface area (Å²) in [6.45, 7) is 1.92. The van der Waals surface area contributed by atoms with Crippen LogP contribution in [0.25, 0.3) is 0 Å². The van der Waals surface area contributed by atoms with Crippen molar-refractivity contribution < 1.29 is 8.42 Å². The molecule has 108 valence electrons. The van der Waals surface area contributed by atoms with Crippen molar-refractivity contribution in [1.29, 1.82) is 0 Å². The fourth-order valence-corrected chi connectivity index (χ4v) is 4.30. The van der Waals surface area contributed by atoms with Gasteiger partial charge < -0.3 is 5.73 Å². The number of rotatable bonds is 4. The van der Waals surface area contributed by atoms with Gasteiger partial charge in [0.25, 0.3) is 10.0 Å². The summed E-state index contributed by atoms with van der Waals surface area (Å²) in [5.41, 5.74) is 6.90. The summed E-state index contributed by atoms with van der Waals surface area (Å²) in [7, 11) is -2.05. The second-order valence-electron chi connectivity index (χ2n) is 4.31.